The van der Waals surface area contributed by atoms with Crippen molar-refractivity contribution < 1.29 is 54.4 Å². The molecule has 2 aromatic rings. The lowest BCUT2D eigenvalue weighted by Crippen LogP contribution is -2.60. The fraction of sp³-hybridized carbons (Fsp3) is 0.333. The highest BCUT2D eigenvalue weighted by Crippen LogP contribution is 2.30. The number of carbonyl (C=O) groups is 2. The van der Waals surface area contributed by atoms with Gasteiger partial charge in [-0.2, -0.15) is 0 Å². The van der Waals surface area contributed by atoms with Crippen LogP contribution in [0, 0.1) is 0 Å². The minimum Gasteiger partial charge on any atom is -0.508 e. The van der Waals surface area contributed by atoms with Crippen LogP contribution in [0.25, 0.3) is 0 Å². The SMILES string of the molecule is COC(=O)c1cc(O)ccc1NC(=O)c1cc(O)ccc1OC1OC(CO)C(O)C(O)C1O. The van der Waals surface area contributed by atoms with E-state index >= 15 is 0 Å². The molecule has 0 bridgehead atoms. The topological polar surface area (TPSA) is 195 Å². The molecule has 0 aliphatic carbocycles. The number of methoxy groups -OCH3 is 1. The predicted molar refractivity (Wildman–Crippen MR) is 110 cm³/mol. The number of phenolic OH excluding ortho intramolecular Hbond substituents is 2. The molecule has 0 radical (unpaired) electrons. The molecule has 2 aromatic carbocycles. The number of ether oxygens (including phenoxy) is 3. The van der Waals surface area contributed by atoms with Crippen molar-refractivity contribution in [2.24, 2.45) is 0 Å². The van der Waals surface area contributed by atoms with Crippen LogP contribution in [0.1, 0.15) is 20.7 Å². The number of phenols is 2. The van der Waals surface area contributed by atoms with Gasteiger partial charge in [-0.1, -0.05) is 0 Å². The number of hydrogen-bond donors (Lipinski definition) is 7. The van der Waals surface area contributed by atoms with E-state index in [4.69, 9.17) is 9.47 Å². The van der Waals surface area contributed by atoms with E-state index in [1.807, 2.05) is 0 Å². The molecule has 0 saturated carbocycles. The fourth-order valence-corrected chi connectivity index (χ4v) is 3.20. The summed E-state index contributed by atoms with van der Waals surface area (Å²) in [5.41, 5.74) is -0.384. The van der Waals surface area contributed by atoms with Crippen LogP contribution >= 0.6 is 0 Å². The average Bonchev–Trinajstić information content (AvgIpc) is 2.80. The van der Waals surface area contributed by atoms with Crippen LogP contribution in [0.5, 0.6) is 17.2 Å². The number of carbonyl (C=O) groups excluding carboxylic acids is 2. The fourth-order valence-electron chi connectivity index (χ4n) is 3.20. The highest BCUT2D eigenvalue weighted by molar-refractivity contribution is 6.09. The largest absolute Gasteiger partial charge is 0.508 e. The summed E-state index contributed by atoms with van der Waals surface area (Å²) >= 11 is 0. The van der Waals surface area contributed by atoms with Gasteiger partial charge < -0.3 is 50.2 Å². The van der Waals surface area contributed by atoms with Gasteiger partial charge in [-0.15, -0.1) is 0 Å². The molecule has 1 heterocycles. The lowest BCUT2D eigenvalue weighted by molar-refractivity contribution is -0.277. The molecule has 1 fully saturated rings. The van der Waals surface area contributed by atoms with Crippen LogP contribution < -0.4 is 10.1 Å². The first kappa shape index (κ1) is 24.2. The molecule has 5 unspecified atom stereocenters. The maximum atomic E-state index is 12.9. The van der Waals surface area contributed by atoms with E-state index in [-0.39, 0.29) is 34.1 Å². The van der Waals surface area contributed by atoms with Gasteiger partial charge in [0.15, 0.2) is 0 Å². The summed E-state index contributed by atoms with van der Waals surface area (Å²) in [4.78, 5) is 24.9. The summed E-state index contributed by atoms with van der Waals surface area (Å²) in [6.45, 7) is -0.676. The Bertz CT molecular complexity index is 1030. The Labute approximate surface area is 187 Å². The van der Waals surface area contributed by atoms with Crippen LogP contribution in [0.3, 0.4) is 0 Å². The minimum absolute atomic E-state index is 0.00761. The Morgan fingerprint density at radius 1 is 0.970 bits per heavy atom. The lowest BCUT2D eigenvalue weighted by Gasteiger charge is -2.39. The number of benzene rings is 2. The van der Waals surface area contributed by atoms with Gasteiger partial charge in [0.2, 0.25) is 6.29 Å². The number of aliphatic hydroxyl groups excluding tert-OH is 4. The number of anilines is 1. The summed E-state index contributed by atoms with van der Waals surface area (Å²) in [5.74, 6) is -2.40. The van der Waals surface area contributed by atoms with Gasteiger partial charge in [0.05, 0.1) is 30.5 Å². The van der Waals surface area contributed by atoms with Crippen molar-refractivity contribution in [2.75, 3.05) is 19.0 Å². The summed E-state index contributed by atoms with van der Waals surface area (Å²) in [6, 6.07) is 7.03. The number of esters is 1. The van der Waals surface area contributed by atoms with Crippen molar-refractivity contribution in [3.63, 3.8) is 0 Å². The standard InChI is InChI=1S/C21H23NO11/c1-31-20(30)11-6-9(24)2-4-13(11)22-19(29)12-7-10(25)3-5-14(12)32-21-18(28)17(27)16(26)15(8-23)33-21/h2-7,15-18,21,23-28H,8H2,1H3,(H,22,29). The third kappa shape index (κ3) is 5.16. The number of hydrogen-bond acceptors (Lipinski definition) is 11. The molecule has 1 aliphatic rings. The first-order chi connectivity index (χ1) is 15.7. The molecule has 0 aromatic heterocycles. The quantitative estimate of drug-likeness (QED) is 0.211. The maximum Gasteiger partial charge on any atom is 0.340 e. The van der Waals surface area contributed by atoms with Crippen molar-refractivity contribution in [2.45, 2.75) is 30.7 Å². The van der Waals surface area contributed by atoms with Crippen molar-refractivity contribution >= 4 is 17.6 Å². The van der Waals surface area contributed by atoms with Crippen LogP contribution in [0.4, 0.5) is 5.69 Å². The molecule has 0 spiro atoms. The lowest BCUT2D eigenvalue weighted by atomic mass is 9.99. The van der Waals surface area contributed by atoms with Gasteiger partial charge in [-0.3, -0.25) is 4.79 Å². The second-order valence-electron chi connectivity index (χ2n) is 7.17. The number of nitrogens with one attached hydrogen (secondary N) is 1. The molecule has 12 nitrogen and oxygen atoms in total. The number of aliphatic hydroxyl groups is 4. The summed E-state index contributed by atoms with van der Waals surface area (Å²) in [5, 5.41) is 61.3. The van der Waals surface area contributed by atoms with Crippen LogP contribution in [-0.2, 0) is 9.47 Å². The summed E-state index contributed by atoms with van der Waals surface area (Å²) in [7, 11) is 1.12. The van der Waals surface area contributed by atoms with Crippen LogP contribution in [0.15, 0.2) is 36.4 Å². The van der Waals surface area contributed by atoms with E-state index in [2.05, 4.69) is 10.1 Å². The van der Waals surface area contributed by atoms with Gasteiger partial charge in [-0.25, -0.2) is 4.79 Å². The molecule has 3 rings (SSSR count). The molecule has 5 atom stereocenters. The first-order valence-electron chi connectivity index (χ1n) is 9.69. The van der Waals surface area contributed by atoms with Crippen molar-refractivity contribution in [1.82, 2.24) is 0 Å². The summed E-state index contributed by atoms with van der Waals surface area (Å²) < 4.78 is 15.4. The van der Waals surface area contributed by atoms with Crippen LogP contribution in [0.2, 0.25) is 0 Å². The monoisotopic (exact) mass is 465 g/mol. The van der Waals surface area contributed by atoms with E-state index in [1.54, 1.807) is 0 Å². The third-order valence-electron chi connectivity index (χ3n) is 4.96. The zero-order valence-electron chi connectivity index (χ0n) is 17.3. The van der Waals surface area contributed by atoms with Gasteiger partial charge in [0.1, 0.15) is 41.7 Å². The van der Waals surface area contributed by atoms with E-state index in [0.29, 0.717) is 0 Å². The van der Waals surface area contributed by atoms with Gasteiger partial charge in [0, 0.05) is 0 Å². The third-order valence-corrected chi connectivity index (χ3v) is 4.96. The Morgan fingerprint density at radius 3 is 2.24 bits per heavy atom. The second kappa shape index (κ2) is 10.0. The number of rotatable bonds is 6. The number of aromatic hydroxyl groups is 2. The minimum atomic E-state index is -1.73. The zero-order chi connectivity index (χ0) is 24.3. The Balaban J connectivity index is 1.89. The van der Waals surface area contributed by atoms with Gasteiger partial charge in [0.25, 0.3) is 5.91 Å². The highest BCUT2D eigenvalue weighted by Gasteiger charge is 2.45. The molecule has 1 aliphatic heterocycles. The molecular formula is C21H23NO11. The molecule has 1 saturated heterocycles. The smallest absolute Gasteiger partial charge is 0.340 e. The molecule has 1 amide bonds. The average molecular weight is 465 g/mol. The van der Waals surface area contributed by atoms with E-state index < -0.39 is 49.2 Å². The molecular weight excluding hydrogens is 442 g/mol. The van der Waals surface area contributed by atoms with Crippen molar-refractivity contribution in [3.8, 4) is 17.2 Å². The predicted octanol–water partition coefficient (Wildman–Crippen LogP) is -0.685. The Hall–Kier alpha value is -3.42. The van der Waals surface area contributed by atoms with Crippen LogP contribution in [-0.4, -0.2) is 86.9 Å². The van der Waals surface area contributed by atoms with Gasteiger partial charge in [-0.05, 0) is 36.4 Å². The molecule has 178 valence electrons. The van der Waals surface area contributed by atoms with Crippen molar-refractivity contribution in [1.29, 1.82) is 0 Å². The Morgan fingerprint density at radius 2 is 1.61 bits per heavy atom. The van der Waals surface area contributed by atoms with Crippen molar-refractivity contribution in [3.05, 3.63) is 47.5 Å². The van der Waals surface area contributed by atoms with Gasteiger partial charge >= 0.3 is 5.97 Å². The van der Waals surface area contributed by atoms with E-state index in [9.17, 15) is 40.2 Å². The molecule has 33 heavy (non-hydrogen) atoms. The first-order valence-corrected chi connectivity index (χ1v) is 9.69. The number of amides is 1. The normalized spacial score (nSPS) is 24.7. The molecule has 12 heteroatoms. The maximum absolute atomic E-state index is 12.9. The zero-order valence-corrected chi connectivity index (χ0v) is 17.3. The van der Waals surface area contributed by atoms with E-state index in [1.165, 1.54) is 24.3 Å². The molecule has 7 N–H and O–H groups in total. The van der Waals surface area contributed by atoms with E-state index in [0.717, 1.165) is 19.2 Å². The Kier molecular flexibility index (Phi) is 7.36. The highest BCUT2D eigenvalue weighted by atomic mass is 16.7. The second-order valence-corrected chi connectivity index (χ2v) is 7.17. The summed E-state index contributed by atoms with van der Waals surface area (Å²) in [6.07, 6.45) is -7.83.